The number of hydrogen-bond acceptors (Lipinski definition) is 5. The zero-order valence-electron chi connectivity index (χ0n) is 16.6. The van der Waals surface area contributed by atoms with Crippen molar-refractivity contribution in [2.75, 3.05) is 5.88 Å². The van der Waals surface area contributed by atoms with Gasteiger partial charge in [0.2, 0.25) is 11.3 Å². The number of fused-ring (bicyclic) bond motifs is 2. The number of carbonyl (C=O) groups excluding carboxylic acids is 1. The van der Waals surface area contributed by atoms with Crippen molar-refractivity contribution in [3.05, 3.63) is 73.9 Å². The Hall–Kier alpha value is -3.26. The molecule has 0 saturated heterocycles. The molecular weight excluding hydrogens is 493 g/mol. The summed E-state index contributed by atoms with van der Waals surface area (Å²) >= 11 is 17.9. The van der Waals surface area contributed by atoms with Gasteiger partial charge in [-0.15, -0.1) is 11.6 Å². The summed E-state index contributed by atoms with van der Waals surface area (Å²) in [5.41, 5.74) is 0.819. The quantitative estimate of drug-likeness (QED) is 0.255. The summed E-state index contributed by atoms with van der Waals surface area (Å²) in [6.45, 7) is -0.179. The number of benzene rings is 3. The number of hydrogen-bond donors (Lipinski definition) is 3. The zero-order chi connectivity index (χ0) is 23.9. The second kappa shape index (κ2) is 8.94. The lowest BCUT2D eigenvalue weighted by atomic mass is 9.90. The molecule has 0 fully saturated rings. The smallest absolute Gasteiger partial charge is 0.336 e. The minimum absolute atomic E-state index is 0.00480. The van der Waals surface area contributed by atoms with Crippen LogP contribution in [0.3, 0.4) is 0 Å². The van der Waals surface area contributed by atoms with Gasteiger partial charge in [0, 0.05) is 22.6 Å². The van der Waals surface area contributed by atoms with Crippen LogP contribution in [0.15, 0.2) is 51.7 Å². The highest BCUT2D eigenvalue weighted by Gasteiger charge is 2.25. The number of carbonyl (C=O) groups is 2. The first kappa shape index (κ1) is 22.9. The highest BCUT2D eigenvalue weighted by Crippen LogP contribution is 2.46. The molecule has 1 heterocycles. The van der Waals surface area contributed by atoms with Crippen molar-refractivity contribution in [1.82, 2.24) is 5.32 Å². The van der Waals surface area contributed by atoms with Crippen LogP contribution in [-0.2, 0) is 11.3 Å². The largest absolute Gasteiger partial charge is 0.506 e. The Bertz CT molecular complexity index is 1460. The molecule has 33 heavy (non-hydrogen) atoms. The predicted molar refractivity (Wildman–Crippen MR) is 126 cm³/mol. The molecule has 0 bridgehead atoms. The maximum atomic E-state index is 12.2. The number of nitrogens with one attached hydrogen (secondary N) is 1. The SMILES string of the molecule is O=C(CCl)NCc1c(O)c(Cl)cc2c(-c3ccccc3C(=O)O)c3cc(Cl)c(=O)cc-3oc12. The normalized spacial score (nSPS) is 11.1. The number of aromatic carboxylic acids is 1. The van der Waals surface area contributed by atoms with Crippen LogP contribution < -0.4 is 10.7 Å². The van der Waals surface area contributed by atoms with Crippen LogP contribution in [0.5, 0.6) is 5.75 Å². The van der Waals surface area contributed by atoms with Gasteiger partial charge < -0.3 is 19.9 Å². The summed E-state index contributed by atoms with van der Waals surface area (Å²) in [6.07, 6.45) is 0. The number of aromatic hydroxyl groups is 1. The number of phenols is 1. The summed E-state index contributed by atoms with van der Waals surface area (Å²) in [7, 11) is 0. The third kappa shape index (κ3) is 4.11. The molecule has 2 aromatic rings. The van der Waals surface area contributed by atoms with Crippen molar-refractivity contribution in [3.63, 3.8) is 0 Å². The molecule has 168 valence electrons. The number of carboxylic acids is 1. The van der Waals surface area contributed by atoms with E-state index in [1.54, 1.807) is 18.2 Å². The van der Waals surface area contributed by atoms with E-state index in [2.05, 4.69) is 5.32 Å². The van der Waals surface area contributed by atoms with Crippen molar-refractivity contribution in [1.29, 1.82) is 0 Å². The molecule has 0 saturated carbocycles. The average molecular weight is 507 g/mol. The summed E-state index contributed by atoms with van der Waals surface area (Å²) in [5.74, 6) is -2.18. The fraction of sp³-hybridized carbons (Fsp3) is 0.0870. The minimum atomic E-state index is -1.17. The number of halogens is 3. The second-order valence-electron chi connectivity index (χ2n) is 7.08. The van der Waals surface area contributed by atoms with Crippen molar-refractivity contribution in [2.24, 2.45) is 0 Å². The van der Waals surface area contributed by atoms with Gasteiger partial charge in [0.15, 0.2) is 0 Å². The van der Waals surface area contributed by atoms with Crippen LogP contribution in [0, 0.1) is 0 Å². The second-order valence-corrected chi connectivity index (χ2v) is 8.16. The lowest BCUT2D eigenvalue weighted by Crippen LogP contribution is -2.23. The topological polar surface area (TPSA) is 117 Å². The molecule has 7 nitrogen and oxygen atoms in total. The fourth-order valence-corrected chi connectivity index (χ4v) is 4.10. The average Bonchev–Trinajstić information content (AvgIpc) is 2.79. The van der Waals surface area contributed by atoms with Crippen LogP contribution >= 0.6 is 34.8 Å². The van der Waals surface area contributed by atoms with Crippen molar-refractivity contribution < 1.29 is 24.2 Å². The van der Waals surface area contributed by atoms with Gasteiger partial charge in [-0.1, -0.05) is 41.4 Å². The van der Waals surface area contributed by atoms with E-state index in [1.165, 1.54) is 24.3 Å². The number of carboxylic acid groups (broad SMARTS) is 1. The summed E-state index contributed by atoms with van der Waals surface area (Å²) in [5, 5.41) is 23.1. The fourth-order valence-electron chi connectivity index (χ4n) is 3.62. The Balaban J connectivity index is 2.18. The first-order valence-corrected chi connectivity index (χ1v) is 10.8. The van der Waals surface area contributed by atoms with Crippen LogP contribution in [0.25, 0.3) is 33.4 Å². The van der Waals surface area contributed by atoms with Crippen molar-refractivity contribution in [3.8, 4) is 28.2 Å². The summed E-state index contributed by atoms with van der Waals surface area (Å²) in [4.78, 5) is 35.9. The molecule has 1 aliphatic carbocycles. The van der Waals surface area contributed by atoms with Gasteiger partial charge in [-0.05, 0) is 23.8 Å². The molecular formula is C23H14Cl3NO6. The summed E-state index contributed by atoms with van der Waals surface area (Å²) in [6, 6.07) is 10.3. The number of phenolic OH excluding ortho intramolecular Hbond substituents is 1. The van der Waals surface area contributed by atoms with E-state index in [0.717, 1.165) is 0 Å². The molecule has 1 aliphatic heterocycles. The minimum Gasteiger partial charge on any atom is -0.506 e. The Morgan fingerprint density at radius 1 is 1.03 bits per heavy atom. The van der Waals surface area contributed by atoms with Gasteiger partial charge in [-0.25, -0.2) is 4.79 Å². The highest BCUT2D eigenvalue weighted by molar-refractivity contribution is 6.33. The van der Waals surface area contributed by atoms with Gasteiger partial charge in [0.25, 0.3) is 0 Å². The molecule has 0 spiro atoms. The molecule has 10 heteroatoms. The zero-order valence-corrected chi connectivity index (χ0v) is 18.9. The van der Waals surface area contributed by atoms with E-state index >= 15 is 0 Å². The van der Waals surface area contributed by atoms with E-state index < -0.39 is 17.3 Å². The van der Waals surface area contributed by atoms with Crippen molar-refractivity contribution in [2.45, 2.75) is 6.54 Å². The van der Waals surface area contributed by atoms with E-state index in [9.17, 15) is 24.6 Å². The maximum Gasteiger partial charge on any atom is 0.336 e. The lowest BCUT2D eigenvalue weighted by Gasteiger charge is -2.19. The highest BCUT2D eigenvalue weighted by atomic mass is 35.5. The molecule has 2 aromatic carbocycles. The van der Waals surface area contributed by atoms with Gasteiger partial charge in [0.1, 0.15) is 23.0 Å². The third-order valence-electron chi connectivity index (χ3n) is 5.10. The van der Waals surface area contributed by atoms with Gasteiger partial charge in [-0.2, -0.15) is 0 Å². The monoisotopic (exact) mass is 505 g/mol. The molecule has 2 aliphatic rings. The molecule has 0 atom stereocenters. The number of amides is 1. The summed E-state index contributed by atoms with van der Waals surface area (Å²) < 4.78 is 5.97. The Labute approximate surface area is 201 Å². The van der Waals surface area contributed by atoms with Crippen molar-refractivity contribution >= 4 is 57.6 Å². The molecule has 0 radical (unpaired) electrons. The molecule has 0 unspecified atom stereocenters. The molecule has 4 rings (SSSR count). The Morgan fingerprint density at radius 3 is 2.45 bits per heavy atom. The molecule has 0 aromatic heterocycles. The van der Waals surface area contributed by atoms with Gasteiger partial charge in [0.05, 0.1) is 27.7 Å². The first-order chi connectivity index (χ1) is 15.7. The van der Waals surface area contributed by atoms with Gasteiger partial charge in [-0.3, -0.25) is 9.59 Å². The van der Waals surface area contributed by atoms with Crippen LogP contribution in [0.1, 0.15) is 15.9 Å². The Morgan fingerprint density at radius 2 is 1.76 bits per heavy atom. The van der Waals surface area contributed by atoms with E-state index in [1.807, 2.05) is 0 Å². The third-order valence-corrected chi connectivity index (χ3v) is 5.92. The van der Waals surface area contributed by atoms with Crippen LogP contribution in [0.4, 0.5) is 0 Å². The number of alkyl halides is 1. The van der Waals surface area contributed by atoms with E-state index in [0.29, 0.717) is 22.1 Å². The van der Waals surface area contributed by atoms with E-state index in [4.69, 9.17) is 39.2 Å². The maximum absolute atomic E-state index is 12.2. The van der Waals surface area contributed by atoms with Crippen LogP contribution in [0.2, 0.25) is 10.0 Å². The number of rotatable bonds is 5. The van der Waals surface area contributed by atoms with Crippen LogP contribution in [-0.4, -0.2) is 28.0 Å². The predicted octanol–water partition coefficient (Wildman–Crippen LogP) is 5.13. The lowest BCUT2D eigenvalue weighted by molar-refractivity contribution is -0.118. The first-order valence-electron chi connectivity index (χ1n) is 9.48. The van der Waals surface area contributed by atoms with Gasteiger partial charge >= 0.3 is 5.97 Å². The Kier molecular flexibility index (Phi) is 6.21. The standard InChI is InChI=1S/C23H14Cl3NO6/c24-8-19(29)27-9-14-21(30)16(26)6-13-20(10-3-1-2-4-11(10)23(31)32)12-5-15(25)17(28)7-18(12)33-22(13)14/h1-7,30H,8-9H2,(H,27,29)(H,31,32). The van der Waals surface area contributed by atoms with E-state index in [-0.39, 0.29) is 50.7 Å². The molecule has 3 N–H and O–H groups in total. The molecule has 1 amide bonds.